The number of rotatable bonds is 7. The average molecular weight is 440 g/mol. The SMILES string of the molecule is CCC1CN(c2ccc(-n3ccc(OCc4ccc(Cl)cn4)cc3=O)cn2)CC1NC. The third-order valence-corrected chi connectivity index (χ3v) is 5.96. The molecule has 1 aliphatic rings. The van der Waals surface area contributed by atoms with Crippen LogP contribution in [0.25, 0.3) is 5.69 Å². The van der Waals surface area contributed by atoms with Gasteiger partial charge in [-0.3, -0.25) is 14.3 Å². The van der Waals surface area contributed by atoms with E-state index in [1.807, 2.05) is 19.2 Å². The zero-order valence-electron chi connectivity index (χ0n) is 17.7. The van der Waals surface area contributed by atoms with Crippen LogP contribution < -0.4 is 20.5 Å². The first-order chi connectivity index (χ1) is 15.1. The topological polar surface area (TPSA) is 72.3 Å². The molecule has 1 N–H and O–H groups in total. The second-order valence-corrected chi connectivity index (χ2v) is 8.11. The number of nitrogens with one attached hydrogen (secondary N) is 1. The fourth-order valence-corrected chi connectivity index (χ4v) is 4.03. The molecular weight excluding hydrogens is 414 g/mol. The lowest BCUT2D eigenvalue weighted by Gasteiger charge is -2.17. The van der Waals surface area contributed by atoms with E-state index in [2.05, 4.69) is 27.1 Å². The fourth-order valence-electron chi connectivity index (χ4n) is 3.92. The summed E-state index contributed by atoms with van der Waals surface area (Å²) < 4.78 is 7.24. The Bertz CT molecular complexity index is 1060. The molecule has 162 valence electrons. The molecule has 31 heavy (non-hydrogen) atoms. The highest BCUT2D eigenvalue weighted by atomic mass is 35.5. The Morgan fingerprint density at radius 1 is 1.16 bits per heavy atom. The van der Waals surface area contributed by atoms with Crippen molar-refractivity contribution in [2.75, 3.05) is 25.0 Å². The van der Waals surface area contributed by atoms with Gasteiger partial charge in [-0.15, -0.1) is 0 Å². The molecule has 0 saturated carbocycles. The van der Waals surface area contributed by atoms with Crippen molar-refractivity contribution in [3.8, 4) is 11.4 Å². The van der Waals surface area contributed by atoms with Gasteiger partial charge in [-0.1, -0.05) is 24.9 Å². The van der Waals surface area contributed by atoms with Crippen LogP contribution in [0.3, 0.4) is 0 Å². The minimum atomic E-state index is -0.182. The van der Waals surface area contributed by atoms with Crippen LogP contribution in [-0.2, 0) is 6.61 Å². The molecule has 1 saturated heterocycles. The second kappa shape index (κ2) is 9.49. The molecule has 0 radical (unpaired) electrons. The summed E-state index contributed by atoms with van der Waals surface area (Å²) in [5.74, 6) is 2.04. The first kappa shape index (κ1) is 21.3. The van der Waals surface area contributed by atoms with E-state index in [1.54, 1.807) is 41.4 Å². The number of aromatic nitrogens is 3. The van der Waals surface area contributed by atoms with Gasteiger partial charge in [-0.25, -0.2) is 4.98 Å². The summed E-state index contributed by atoms with van der Waals surface area (Å²) in [6, 6.07) is 11.1. The lowest BCUT2D eigenvalue weighted by Crippen LogP contribution is -2.33. The van der Waals surface area contributed by atoms with E-state index in [9.17, 15) is 4.79 Å². The van der Waals surface area contributed by atoms with E-state index < -0.39 is 0 Å². The molecule has 2 unspecified atom stereocenters. The van der Waals surface area contributed by atoms with E-state index in [1.165, 1.54) is 6.07 Å². The standard InChI is InChI=1S/C23H26ClN5O2/c1-3-16-13-28(14-21(16)25-2)22-7-6-19(12-27-22)29-9-8-20(10-23(29)30)31-15-18-5-4-17(24)11-26-18/h4-12,16,21,25H,3,13-15H2,1-2H3. The molecule has 4 heterocycles. The molecule has 3 aromatic heterocycles. The zero-order valence-corrected chi connectivity index (χ0v) is 18.4. The molecule has 1 fully saturated rings. The van der Waals surface area contributed by atoms with Gasteiger partial charge in [-0.05, 0) is 43.3 Å². The van der Waals surface area contributed by atoms with Crippen molar-refractivity contribution in [1.29, 1.82) is 0 Å². The highest BCUT2D eigenvalue weighted by molar-refractivity contribution is 6.30. The van der Waals surface area contributed by atoms with E-state index >= 15 is 0 Å². The number of hydrogen-bond donors (Lipinski definition) is 1. The van der Waals surface area contributed by atoms with Gasteiger partial charge >= 0.3 is 0 Å². The summed E-state index contributed by atoms with van der Waals surface area (Å²) in [5.41, 5.74) is 1.27. The normalized spacial score (nSPS) is 18.4. The Balaban J connectivity index is 1.43. The van der Waals surface area contributed by atoms with Gasteiger partial charge in [0.15, 0.2) is 0 Å². The minimum absolute atomic E-state index is 0.182. The van der Waals surface area contributed by atoms with Crippen LogP contribution in [0.1, 0.15) is 19.0 Å². The monoisotopic (exact) mass is 439 g/mol. The van der Waals surface area contributed by atoms with Crippen LogP contribution in [-0.4, -0.2) is 40.7 Å². The Morgan fingerprint density at radius 3 is 2.65 bits per heavy atom. The zero-order chi connectivity index (χ0) is 21.8. The number of halogens is 1. The number of likely N-dealkylation sites (N-methyl/N-ethyl adjacent to an activating group) is 1. The summed E-state index contributed by atoms with van der Waals surface area (Å²) in [6.07, 6.45) is 6.14. The van der Waals surface area contributed by atoms with E-state index in [0.717, 1.165) is 36.7 Å². The summed E-state index contributed by atoms with van der Waals surface area (Å²) >= 11 is 5.84. The van der Waals surface area contributed by atoms with Crippen LogP contribution in [0.15, 0.2) is 59.8 Å². The summed E-state index contributed by atoms with van der Waals surface area (Å²) in [5, 5.41) is 3.97. The van der Waals surface area contributed by atoms with Crippen LogP contribution in [0.4, 0.5) is 5.82 Å². The van der Waals surface area contributed by atoms with E-state index in [0.29, 0.717) is 22.7 Å². The summed E-state index contributed by atoms with van der Waals surface area (Å²) in [7, 11) is 2.01. The first-order valence-corrected chi connectivity index (χ1v) is 10.8. The number of ether oxygens (including phenoxy) is 1. The first-order valence-electron chi connectivity index (χ1n) is 10.4. The molecule has 0 aliphatic carbocycles. The van der Waals surface area contributed by atoms with E-state index in [-0.39, 0.29) is 12.2 Å². The van der Waals surface area contributed by atoms with Crippen molar-refractivity contribution >= 4 is 17.4 Å². The maximum absolute atomic E-state index is 12.6. The van der Waals surface area contributed by atoms with Crippen LogP contribution in [0, 0.1) is 5.92 Å². The largest absolute Gasteiger partial charge is 0.487 e. The summed E-state index contributed by atoms with van der Waals surface area (Å²) in [6.45, 7) is 4.42. The molecular formula is C23H26ClN5O2. The maximum atomic E-state index is 12.6. The quantitative estimate of drug-likeness (QED) is 0.609. The maximum Gasteiger partial charge on any atom is 0.258 e. The minimum Gasteiger partial charge on any atom is -0.487 e. The van der Waals surface area contributed by atoms with Gasteiger partial charge in [0.2, 0.25) is 0 Å². The Hall–Kier alpha value is -2.90. The predicted molar refractivity (Wildman–Crippen MR) is 122 cm³/mol. The van der Waals surface area contributed by atoms with Crippen LogP contribution in [0.5, 0.6) is 5.75 Å². The van der Waals surface area contributed by atoms with Gasteiger partial charge in [0.1, 0.15) is 18.2 Å². The van der Waals surface area contributed by atoms with E-state index in [4.69, 9.17) is 16.3 Å². The summed E-state index contributed by atoms with van der Waals surface area (Å²) in [4.78, 5) is 23.7. The van der Waals surface area contributed by atoms with Crippen molar-refractivity contribution in [2.45, 2.75) is 26.0 Å². The lowest BCUT2D eigenvalue weighted by atomic mass is 10.0. The molecule has 4 rings (SSSR count). The van der Waals surface area contributed by atoms with Crippen molar-refractivity contribution in [1.82, 2.24) is 19.9 Å². The van der Waals surface area contributed by atoms with Gasteiger partial charge in [0, 0.05) is 37.6 Å². The predicted octanol–water partition coefficient (Wildman–Crippen LogP) is 3.29. The highest BCUT2D eigenvalue weighted by Crippen LogP contribution is 2.25. The highest BCUT2D eigenvalue weighted by Gasteiger charge is 2.30. The third kappa shape index (κ3) is 4.89. The van der Waals surface area contributed by atoms with Gasteiger partial charge in [-0.2, -0.15) is 0 Å². The lowest BCUT2D eigenvalue weighted by molar-refractivity contribution is 0.300. The van der Waals surface area contributed by atoms with Crippen molar-refractivity contribution in [3.63, 3.8) is 0 Å². The van der Waals surface area contributed by atoms with Gasteiger partial charge < -0.3 is 15.0 Å². The number of anilines is 1. The number of nitrogens with zero attached hydrogens (tertiary/aromatic N) is 4. The average Bonchev–Trinajstić information content (AvgIpc) is 3.22. The van der Waals surface area contributed by atoms with Crippen molar-refractivity contribution < 1.29 is 4.74 Å². The molecule has 0 bridgehead atoms. The van der Waals surface area contributed by atoms with Crippen molar-refractivity contribution in [2.24, 2.45) is 5.92 Å². The van der Waals surface area contributed by atoms with Crippen LogP contribution >= 0.6 is 11.6 Å². The second-order valence-electron chi connectivity index (χ2n) is 7.67. The molecule has 1 aliphatic heterocycles. The smallest absolute Gasteiger partial charge is 0.258 e. The fraction of sp³-hybridized carbons (Fsp3) is 0.348. The molecule has 2 atom stereocenters. The Kier molecular flexibility index (Phi) is 6.53. The number of pyridine rings is 3. The molecule has 7 nitrogen and oxygen atoms in total. The molecule has 0 amide bonds. The Labute approximate surface area is 186 Å². The number of hydrogen-bond acceptors (Lipinski definition) is 6. The van der Waals surface area contributed by atoms with Gasteiger partial charge in [0.25, 0.3) is 5.56 Å². The Morgan fingerprint density at radius 2 is 2.03 bits per heavy atom. The molecule has 3 aromatic rings. The van der Waals surface area contributed by atoms with Crippen molar-refractivity contribution in [3.05, 3.63) is 76.1 Å². The van der Waals surface area contributed by atoms with Gasteiger partial charge in [0.05, 0.1) is 22.6 Å². The molecule has 8 heteroatoms. The molecule has 0 aromatic carbocycles. The van der Waals surface area contributed by atoms with Crippen LogP contribution in [0.2, 0.25) is 5.02 Å². The third-order valence-electron chi connectivity index (χ3n) is 5.74. The molecule has 0 spiro atoms.